The Kier molecular flexibility index (Phi) is 4.16. The molecular weight excluding hydrogens is 162 g/mol. The minimum atomic E-state index is 0.685. The first-order valence-corrected chi connectivity index (χ1v) is 5.24. The van der Waals surface area contributed by atoms with Crippen molar-refractivity contribution < 1.29 is 0 Å². The van der Waals surface area contributed by atoms with Gasteiger partial charge in [-0.3, -0.25) is 4.90 Å². The van der Waals surface area contributed by atoms with Gasteiger partial charge >= 0.3 is 0 Å². The van der Waals surface area contributed by atoms with Crippen LogP contribution in [0.25, 0.3) is 0 Å². The molecule has 3 heteroatoms. The fourth-order valence-electron chi connectivity index (χ4n) is 2.03. The molecule has 1 saturated heterocycles. The second-order valence-electron chi connectivity index (χ2n) is 4.36. The lowest BCUT2D eigenvalue weighted by atomic mass is 10.0. The molecule has 1 rings (SSSR count). The fourth-order valence-corrected chi connectivity index (χ4v) is 2.03. The Morgan fingerprint density at radius 2 is 2.15 bits per heavy atom. The molecule has 78 valence electrons. The Balaban J connectivity index is 2.28. The molecule has 3 nitrogen and oxygen atoms in total. The van der Waals surface area contributed by atoms with Gasteiger partial charge in [-0.25, -0.2) is 0 Å². The first-order chi connectivity index (χ1) is 6.15. The zero-order valence-electron chi connectivity index (χ0n) is 9.16. The van der Waals surface area contributed by atoms with Crippen LogP contribution >= 0.6 is 0 Å². The zero-order valence-corrected chi connectivity index (χ0v) is 9.16. The smallest absolute Gasteiger partial charge is 0.0112 e. The molecule has 13 heavy (non-hydrogen) atoms. The third-order valence-electron chi connectivity index (χ3n) is 3.18. The summed E-state index contributed by atoms with van der Waals surface area (Å²) >= 11 is 0. The van der Waals surface area contributed by atoms with Crippen molar-refractivity contribution in [1.29, 1.82) is 0 Å². The van der Waals surface area contributed by atoms with Crippen LogP contribution in [0.3, 0.4) is 0 Å². The minimum absolute atomic E-state index is 0.685. The summed E-state index contributed by atoms with van der Waals surface area (Å²) in [7, 11) is 4.25. The van der Waals surface area contributed by atoms with Gasteiger partial charge in [0.05, 0.1) is 0 Å². The molecule has 1 heterocycles. The van der Waals surface area contributed by atoms with E-state index in [9.17, 15) is 0 Å². The van der Waals surface area contributed by atoms with E-state index >= 15 is 0 Å². The van der Waals surface area contributed by atoms with Crippen LogP contribution in [0, 0.1) is 5.92 Å². The number of nitrogens with two attached hydrogens (primary N) is 1. The highest BCUT2D eigenvalue weighted by atomic mass is 15.2. The summed E-state index contributed by atoms with van der Waals surface area (Å²) in [6.07, 6.45) is 1.28. The lowest BCUT2D eigenvalue weighted by Gasteiger charge is -2.25. The summed E-state index contributed by atoms with van der Waals surface area (Å²) < 4.78 is 0. The normalized spacial score (nSPS) is 30.2. The molecule has 1 fully saturated rings. The van der Waals surface area contributed by atoms with E-state index in [1.165, 1.54) is 19.5 Å². The Labute approximate surface area is 81.9 Å². The van der Waals surface area contributed by atoms with Gasteiger partial charge in [0.25, 0.3) is 0 Å². The molecular formula is C10H23N3. The zero-order chi connectivity index (χ0) is 9.84. The number of rotatable bonds is 4. The average Bonchev–Trinajstić information content (AvgIpc) is 2.43. The van der Waals surface area contributed by atoms with E-state index in [1.54, 1.807) is 0 Å². The van der Waals surface area contributed by atoms with Gasteiger partial charge in [-0.1, -0.05) is 0 Å². The molecule has 0 bridgehead atoms. The molecule has 0 saturated carbocycles. The SMILES string of the molecule is CC1C(CN)CCN1CCN(C)C. The summed E-state index contributed by atoms with van der Waals surface area (Å²) in [6, 6.07) is 0.685. The van der Waals surface area contributed by atoms with E-state index in [2.05, 4.69) is 30.8 Å². The third kappa shape index (κ3) is 2.93. The second kappa shape index (κ2) is 4.94. The Morgan fingerprint density at radius 1 is 1.46 bits per heavy atom. The van der Waals surface area contributed by atoms with Gasteiger partial charge in [0, 0.05) is 19.1 Å². The van der Waals surface area contributed by atoms with Gasteiger partial charge < -0.3 is 10.6 Å². The number of hydrogen-bond acceptors (Lipinski definition) is 3. The van der Waals surface area contributed by atoms with Crippen LogP contribution in [-0.2, 0) is 0 Å². The summed E-state index contributed by atoms with van der Waals surface area (Å²) in [5, 5.41) is 0. The molecule has 0 radical (unpaired) electrons. The van der Waals surface area contributed by atoms with Crippen molar-refractivity contribution in [3.05, 3.63) is 0 Å². The highest BCUT2D eigenvalue weighted by Gasteiger charge is 2.28. The second-order valence-corrected chi connectivity index (χ2v) is 4.36. The first-order valence-electron chi connectivity index (χ1n) is 5.24. The average molecular weight is 185 g/mol. The van der Waals surface area contributed by atoms with Gasteiger partial charge in [-0.05, 0) is 46.4 Å². The molecule has 0 spiro atoms. The number of hydrogen-bond donors (Lipinski definition) is 1. The van der Waals surface area contributed by atoms with Crippen molar-refractivity contribution in [3.63, 3.8) is 0 Å². The maximum absolute atomic E-state index is 5.71. The van der Waals surface area contributed by atoms with Crippen LogP contribution in [0.4, 0.5) is 0 Å². The molecule has 0 amide bonds. The number of likely N-dealkylation sites (N-methyl/N-ethyl adjacent to an activating group) is 1. The van der Waals surface area contributed by atoms with Crippen LogP contribution in [0.5, 0.6) is 0 Å². The molecule has 1 aliphatic heterocycles. The van der Waals surface area contributed by atoms with Gasteiger partial charge in [0.2, 0.25) is 0 Å². The van der Waals surface area contributed by atoms with E-state index in [1.807, 2.05) is 0 Å². The van der Waals surface area contributed by atoms with Gasteiger partial charge in [0.15, 0.2) is 0 Å². The quantitative estimate of drug-likeness (QED) is 0.680. The molecule has 0 aliphatic carbocycles. The van der Waals surface area contributed by atoms with Crippen molar-refractivity contribution >= 4 is 0 Å². The van der Waals surface area contributed by atoms with Gasteiger partial charge in [-0.2, -0.15) is 0 Å². The molecule has 1 aliphatic rings. The largest absolute Gasteiger partial charge is 0.330 e. The van der Waals surface area contributed by atoms with Crippen LogP contribution in [0.2, 0.25) is 0 Å². The molecule has 0 aromatic rings. The van der Waals surface area contributed by atoms with Crippen molar-refractivity contribution in [1.82, 2.24) is 9.80 Å². The van der Waals surface area contributed by atoms with Gasteiger partial charge in [0.1, 0.15) is 0 Å². The van der Waals surface area contributed by atoms with Crippen LogP contribution in [-0.4, -0.2) is 56.1 Å². The fraction of sp³-hybridized carbons (Fsp3) is 1.00. The molecule has 0 aromatic carbocycles. The highest BCUT2D eigenvalue weighted by molar-refractivity contribution is 4.84. The van der Waals surface area contributed by atoms with Crippen LogP contribution in [0.15, 0.2) is 0 Å². The summed E-state index contributed by atoms with van der Waals surface area (Å²) in [6.45, 7) is 6.73. The van der Waals surface area contributed by atoms with Crippen LogP contribution in [0.1, 0.15) is 13.3 Å². The number of nitrogens with zero attached hydrogens (tertiary/aromatic N) is 2. The molecule has 2 N–H and O–H groups in total. The van der Waals surface area contributed by atoms with E-state index in [-0.39, 0.29) is 0 Å². The standard InChI is InChI=1S/C10H23N3/c1-9-10(8-11)4-5-13(9)7-6-12(2)3/h9-10H,4-8,11H2,1-3H3. The third-order valence-corrected chi connectivity index (χ3v) is 3.18. The van der Waals surface area contributed by atoms with Crippen molar-refractivity contribution in [2.75, 3.05) is 40.3 Å². The lowest BCUT2D eigenvalue weighted by molar-refractivity contribution is 0.218. The van der Waals surface area contributed by atoms with E-state index in [4.69, 9.17) is 5.73 Å². The number of likely N-dealkylation sites (tertiary alicyclic amines) is 1. The van der Waals surface area contributed by atoms with E-state index < -0.39 is 0 Å². The van der Waals surface area contributed by atoms with Crippen molar-refractivity contribution in [2.24, 2.45) is 11.7 Å². The Bertz CT molecular complexity index is 147. The van der Waals surface area contributed by atoms with Gasteiger partial charge in [-0.15, -0.1) is 0 Å². The predicted molar refractivity (Wildman–Crippen MR) is 56.8 cm³/mol. The predicted octanol–water partition coefficient (Wildman–Crippen LogP) is 0.217. The summed E-state index contributed by atoms with van der Waals surface area (Å²) in [4.78, 5) is 4.79. The van der Waals surface area contributed by atoms with Crippen LogP contribution < -0.4 is 5.73 Å². The van der Waals surface area contributed by atoms with E-state index in [0.29, 0.717) is 6.04 Å². The monoisotopic (exact) mass is 185 g/mol. The maximum atomic E-state index is 5.71. The maximum Gasteiger partial charge on any atom is 0.0112 e. The molecule has 2 unspecified atom stereocenters. The summed E-state index contributed by atoms with van der Waals surface area (Å²) in [5.74, 6) is 0.724. The van der Waals surface area contributed by atoms with Crippen molar-refractivity contribution in [3.8, 4) is 0 Å². The van der Waals surface area contributed by atoms with E-state index in [0.717, 1.165) is 19.0 Å². The lowest BCUT2D eigenvalue weighted by Crippen LogP contribution is -2.37. The Hall–Kier alpha value is -0.120. The Morgan fingerprint density at radius 3 is 2.62 bits per heavy atom. The topological polar surface area (TPSA) is 32.5 Å². The molecule has 2 atom stereocenters. The highest BCUT2D eigenvalue weighted by Crippen LogP contribution is 2.22. The summed E-state index contributed by atoms with van der Waals surface area (Å²) in [5.41, 5.74) is 5.71. The first kappa shape index (κ1) is 11.0. The molecule has 0 aromatic heterocycles. The van der Waals surface area contributed by atoms with Crippen molar-refractivity contribution in [2.45, 2.75) is 19.4 Å². The minimum Gasteiger partial charge on any atom is -0.330 e.